The fourth-order valence-electron chi connectivity index (χ4n) is 2.01. The molecule has 14 heavy (non-hydrogen) atoms. The quantitative estimate of drug-likeness (QED) is 0.704. The van der Waals surface area contributed by atoms with Crippen molar-refractivity contribution in [2.24, 2.45) is 0 Å². The fraction of sp³-hybridized carbons (Fsp3) is 1.00. The van der Waals surface area contributed by atoms with Crippen molar-refractivity contribution in [3.05, 3.63) is 0 Å². The maximum atomic E-state index is 8.94. The molecule has 0 spiro atoms. The molecule has 0 bridgehead atoms. The third kappa shape index (κ3) is 3.95. The number of aliphatic hydroxyl groups is 1. The minimum Gasteiger partial charge on any atom is -0.395 e. The van der Waals surface area contributed by atoms with E-state index < -0.39 is 0 Å². The minimum atomic E-state index is 0.209. The van der Waals surface area contributed by atoms with Gasteiger partial charge in [-0.15, -0.1) is 0 Å². The summed E-state index contributed by atoms with van der Waals surface area (Å²) in [6, 6.07) is 0.739. The Balaban J connectivity index is 2.25. The van der Waals surface area contributed by atoms with Gasteiger partial charge in [-0.1, -0.05) is 13.3 Å². The van der Waals surface area contributed by atoms with Gasteiger partial charge < -0.3 is 15.2 Å². The Morgan fingerprint density at radius 1 is 1.57 bits per heavy atom. The van der Waals surface area contributed by atoms with E-state index in [0.717, 1.165) is 25.9 Å². The van der Waals surface area contributed by atoms with Crippen LogP contribution in [-0.2, 0) is 4.74 Å². The van der Waals surface area contributed by atoms with Crippen molar-refractivity contribution in [1.82, 2.24) is 5.32 Å². The summed E-state index contributed by atoms with van der Waals surface area (Å²) in [4.78, 5) is 0. The van der Waals surface area contributed by atoms with Crippen LogP contribution in [0, 0.1) is 0 Å². The number of rotatable bonds is 5. The van der Waals surface area contributed by atoms with Crippen LogP contribution in [0.5, 0.6) is 0 Å². The van der Waals surface area contributed by atoms with Gasteiger partial charge in [0.1, 0.15) is 0 Å². The lowest BCUT2D eigenvalue weighted by molar-refractivity contribution is -0.00579. The van der Waals surface area contributed by atoms with E-state index in [1.165, 1.54) is 6.42 Å². The molecule has 1 rings (SSSR count). The van der Waals surface area contributed by atoms with Crippen LogP contribution in [0.2, 0.25) is 0 Å². The van der Waals surface area contributed by atoms with E-state index in [9.17, 15) is 0 Å². The van der Waals surface area contributed by atoms with E-state index in [1.807, 2.05) is 6.92 Å². The molecule has 1 heterocycles. The van der Waals surface area contributed by atoms with Crippen molar-refractivity contribution in [3.63, 3.8) is 0 Å². The maximum Gasteiger partial charge on any atom is 0.0589 e. The number of hydrogen-bond acceptors (Lipinski definition) is 3. The minimum absolute atomic E-state index is 0.209. The van der Waals surface area contributed by atoms with Crippen LogP contribution in [0.25, 0.3) is 0 Å². The third-order valence-electron chi connectivity index (χ3n) is 2.77. The first-order valence-corrected chi connectivity index (χ1v) is 5.74. The molecule has 0 amide bonds. The van der Waals surface area contributed by atoms with Gasteiger partial charge in [0.15, 0.2) is 0 Å². The average Bonchev–Trinajstić information content (AvgIpc) is 2.19. The Kier molecular flexibility index (Phi) is 5.45. The monoisotopic (exact) mass is 201 g/mol. The molecular weight excluding hydrogens is 178 g/mol. The molecule has 0 radical (unpaired) electrons. The van der Waals surface area contributed by atoms with Crippen LogP contribution in [0.4, 0.5) is 0 Å². The van der Waals surface area contributed by atoms with Crippen LogP contribution < -0.4 is 5.32 Å². The molecule has 0 saturated carbocycles. The van der Waals surface area contributed by atoms with Crippen LogP contribution >= 0.6 is 0 Å². The molecule has 1 saturated heterocycles. The highest BCUT2D eigenvalue weighted by molar-refractivity contribution is 4.78. The predicted molar refractivity (Wildman–Crippen MR) is 57.4 cm³/mol. The van der Waals surface area contributed by atoms with Crippen LogP contribution in [0.3, 0.4) is 0 Å². The van der Waals surface area contributed by atoms with Gasteiger partial charge in [-0.3, -0.25) is 0 Å². The molecule has 0 aliphatic carbocycles. The fourth-order valence-corrected chi connectivity index (χ4v) is 2.01. The zero-order chi connectivity index (χ0) is 10.4. The Morgan fingerprint density at radius 2 is 2.36 bits per heavy atom. The number of nitrogens with one attached hydrogen (secondary N) is 1. The maximum absolute atomic E-state index is 8.94. The lowest BCUT2D eigenvalue weighted by atomic mass is 9.99. The Morgan fingerprint density at radius 3 is 3.00 bits per heavy atom. The van der Waals surface area contributed by atoms with Crippen molar-refractivity contribution in [2.45, 2.75) is 57.7 Å². The van der Waals surface area contributed by atoms with E-state index in [1.54, 1.807) is 0 Å². The Hall–Kier alpha value is -0.120. The van der Waals surface area contributed by atoms with E-state index in [0.29, 0.717) is 12.1 Å². The summed E-state index contributed by atoms with van der Waals surface area (Å²) in [6.45, 7) is 5.29. The SMILES string of the molecule is CCCC1CC(NC(C)CO)CCO1. The van der Waals surface area contributed by atoms with E-state index in [4.69, 9.17) is 9.84 Å². The first kappa shape index (κ1) is 12.0. The molecule has 0 aromatic heterocycles. The summed E-state index contributed by atoms with van der Waals surface area (Å²) < 4.78 is 5.66. The van der Waals surface area contributed by atoms with Crippen molar-refractivity contribution in [1.29, 1.82) is 0 Å². The van der Waals surface area contributed by atoms with Crippen LogP contribution in [-0.4, -0.2) is 36.5 Å². The second-order valence-corrected chi connectivity index (χ2v) is 4.25. The average molecular weight is 201 g/mol. The summed E-state index contributed by atoms with van der Waals surface area (Å²) in [7, 11) is 0. The molecule has 3 heteroatoms. The first-order valence-electron chi connectivity index (χ1n) is 5.74. The molecule has 84 valence electrons. The molecule has 3 unspecified atom stereocenters. The number of hydrogen-bond donors (Lipinski definition) is 2. The first-order chi connectivity index (χ1) is 6.76. The zero-order valence-corrected chi connectivity index (χ0v) is 9.33. The summed E-state index contributed by atoms with van der Waals surface area (Å²) in [5.74, 6) is 0. The zero-order valence-electron chi connectivity index (χ0n) is 9.33. The molecular formula is C11H23NO2. The van der Waals surface area contributed by atoms with Gasteiger partial charge >= 0.3 is 0 Å². The molecule has 0 aromatic rings. The summed E-state index contributed by atoms with van der Waals surface area (Å²) in [5.41, 5.74) is 0. The smallest absolute Gasteiger partial charge is 0.0589 e. The molecule has 1 fully saturated rings. The topological polar surface area (TPSA) is 41.5 Å². The molecule has 2 N–H and O–H groups in total. The van der Waals surface area contributed by atoms with Crippen molar-refractivity contribution < 1.29 is 9.84 Å². The largest absolute Gasteiger partial charge is 0.395 e. The van der Waals surface area contributed by atoms with Gasteiger partial charge in [0.2, 0.25) is 0 Å². The summed E-state index contributed by atoms with van der Waals surface area (Å²) >= 11 is 0. The second-order valence-electron chi connectivity index (χ2n) is 4.25. The van der Waals surface area contributed by atoms with Crippen LogP contribution in [0.15, 0.2) is 0 Å². The second kappa shape index (κ2) is 6.38. The van der Waals surface area contributed by atoms with Crippen molar-refractivity contribution in [3.8, 4) is 0 Å². The number of ether oxygens (including phenoxy) is 1. The highest BCUT2D eigenvalue weighted by Gasteiger charge is 2.22. The van der Waals surface area contributed by atoms with E-state index >= 15 is 0 Å². The highest BCUT2D eigenvalue weighted by Crippen LogP contribution is 2.18. The van der Waals surface area contributed by atoms with Gasteiger partial charge in [0, 0.05) is 18.7 Å². The molecule has 0 aromatic carbocycles. The molecule has 1 aliphatic heterocycles. The lowest BCUT2D eigenvalue weighted by Crippen LogP contribution is -2.44. The van der Waals surface area contributed by atoms with Crippen molar-refractivity contribution in [2.75, 3.05) is 13.2 Å². The standard InChI is InChI=1S/C11H23NO2/c1-3-4-11-7-10(5-6-14-11)12-9(2)8-13/h9-13H,3-8H2,1-2H3. The highest BCUT2D eigenvalue weighted by atomic mass is 16.5. The molecule has 3 atom stereocenters. The normalized spacial score (nSPS) is 30.2. The summed E-state index contributed by atoms with van der Waals surface area (Å²) in [5, 5.41) is 12.4. The van der Waals surface area contributed by atoms with Gasteiger partial charge in [-0.05, 0) is 26.2 Å². The van der Waals surface area contributed by atoms with Gasteiger partial charge in [-0.2, -0.15) is 0 Å². The van der Waals surface area contributed by atoms with E-state index in [-0.39, 0.29) is 12.6 Å². The Bertz CT molecular complexity index is 150. The van der Waals surface area contributed by atoms with Crippen molar-refractivity contribution >= 4 is 0 Å². The lowest BCUT2D eigenvalue weighted by Gasteiger charge is -2.31. The third-order valence-corrected chi connectivity index (χ3v) is 2.77. The van der Waals surface area contributed by atoms with Gasteiger partial charge in [0.25, 0.3) is 0 Å². The summed E-state index contributed by atoms with van der Waals surface area (Å²) in [6.07, 6.45) is 4.94. The van der Waals surface area contributed by atoms with E-state index in [2.05, 4.69) is 12.2 Å². The Labute approximate surface area is 86.8 Å². The van der Waals surface area contributed by atoms with Gasteiger partial charge in [0.05, 0.1) is 12.7 Å². The molecule has 1 aliphatic rings. The predicted octanol–water partition coefficient (Wildman–Crippen LogP) is 1.30. The number of aliphatic hydroxyl groups excluding tert-OH is 1. The van der Waals surface area contributed by atoms with Crippen LogP contribution in [0.1, 0.15) is 39.5 Å². The molecule has 3 nitrogen and oxygen atoms in total. The van der Waals surface area contributed by atoms with Gasteiger partial charge in [-0.25, -0.2) is 0 Å².